The van der Waals surface area contributed by atoms with Crippen molar-refractivity contribution in [3.05, 3.63) is 19.0 Å². The summed E-state index contributed by atoms with van der Waals surface area (Å²) in [6, 6.07) is 0. The predicted molar refractivity (Wildman–Crippen MR) is 133 cm³/mol. The molecule has 0 N–H and O–H groups in total. The van der Waals surface area contributed by atoms with Crippen molar-refractivity contribution in [2.24, 2.45) is 0 Å². The number of unbranched alkanes of at least 4 members (excludes halogenated alkanes) is 10. The number of aromatic nitrogens is 2. The molecule has 0 saturated heterocycles. The second-order valence-electron chi connectivity index (χ2n) is 7.51. The van der Waals surface area contributed by atoms with Crippen LogP contribution in [0.25, 0.3) is 10.0 Å². The van der Waals surface area contributed by atoms with Crippen LogP contribution in [0, 0.1) is 0 Å². The molecule has 2 aromatic heterocycles. The minimum Gasteiger partial charge on any atom is -0.237 e. The smallest absolute Gasteiger partial charge is 0.153 e. The average Bonchev–Trinajstić information content (AvgIpc) is 3.24. The molecule has 0 saturated carbocycles. The van der Waals surface area contributed by atoms with E-state index in [-0.39, 0.29) is 0 Å². The second-order valence-corrected chi connectivity index (χ2v) is 12.1. The Labute approximate surface area is 196 Å². The van der Waals surface area contributed by atoms with Gasteiger partial charge in [-0.2, -0.15) is 0 Å². The standard InChI is InChI=1S/C22H34Br2N2S2/c1-3-5-7-9-11-13-15-17-19(23)27-21(25-17)22-26-18(20(24)28-22)16-14-12-10-8-6-4-2/h3-16H2,1-2H3. The summed E-state index contributed by atoms with van der Waals surface area (Å²) in [5.41, 5.74) is 2.42. The molecule has 2 nitrogen and oxygen atoms in total. The average molecular weight is 550 g/mol. The fourth-order valence-electron chi connectivity index (χ4n) is 3.30. The van der Waals surface area contributed by atoms with Crippen LogP contribution in [-0.4, -0.2) is 9.97 Å². The van der Waals surface area contributed by atoms with E-state index in [1.54, 1.807) is 22.7 Å². The maximum absolute atomic E-state index is 4.90. The molecule has 0 aliphatic carbocycles. The first-order valence-corrected chi connectivity index (χ1v) is 14.2. The van der Waals surface area contributed by atoms with Crippen molar-refractivity contribution in [3.8, 4) is 10.0 Å². The summed E-state index contributed by atoms with van der Waals surface area (Å²) >= 11 is 10.9. The molecular formula is C22H34Br2N2S2. The van der Waals surface area contributed by atoms with Gasteiger partial charge in [-0.15, -0.1) is 22.7 Å². The van der Waals surface area contributed by atoms with Gasteiger partial charge in [-0.3, -0.25) is 0 Å². The highest BCUT2D eigenvalue weighted by molar-refractivity contribution is 9.11. The lowest BCUT2D eigenvalue weighted by atomic mass is 10.1. The van der Waals surface area contributed by atoms with Gasteiger partial charge in [0.1, 0.15) is 0 Å². The topological polar surface area (TPSA) is 25.8 Å². The number of halogens is 2. The Morgan fingerprint density at radius 2 is 0.929 bits per heavy atom. The van der Waals surface area contributed by atoms with E-state index < -0.39 is 0 Å². The van der Waals surface area contributed by atoms with Crippen LogP contribution in [0.2, 0.25) is 0 Å². The normalized spacial score (nSPS) is 11.4. The first-order valence-electron chi connectivity index (χ1n) is 11.0. The highest BCUT2D eigenvalue weighted by Crippen LogP contribution is 2.38. The van der Waals surface area contributed by atoms with Crippen LogP contribution in [-0.2, 0) is 12.8 Å². The van der Waals surface area contributed by atoms with Crippen LogP contribution in [0.4, 0.5) is 0 Å². The van der Waals surface area contributed by atoms with Crippen LogP contribution in [0.15, 0.2) is 7.57 Å². The molecule has 2 heterocycles. The Morgan fingerprint density at radius 3 is 1.32 bits per heavy atom. The molecule has 28 heavy (non-hydrogen) atoms. The highest BCUT2D eigenvalue weighted by Gasteiger charge is 2.16. The minimum atomic E-state index is 1.06. The van der Waals surface area contributed by atoms with Gasteiger partial charge in [-0.05, 0) is 57.5 Å². The molecule has 6 heteroatoms. The maximum Gasteiger partial charge on any atom is 0.153 e. The van der Waals surface area contributed by atoms with Crippen LogP contribution in [0.1, 0.15) is 102 Å². The Morgan fingerprint density at radius 1 is 0.571 bits per heavy atom. The van der Waals surface area contributed by atoms with Crippen molar-refractivity contribution in [2.45, 2.75) is 104 Å². The number of aryl methyl sites for hydroxylation is 2. The zero-order valence-corrected chi connectivity index (χ0v) is 22.2. The van der Waals surface area contributed by atoms with E-state index in [1.165, 1.54) is 96.0 Å². The molecule has 0 aliphatic heterocycles. The number of hydrogen-bond donors (Lipinski definition) is 0. The minimum absolute atomic E-state index is 1.06. The Balaban J connectivity index is 1.83. The summed E-state index contributed by atoms with van der Waals surface area (Å²) in [7, 11) is 0. The lowest BCUT2D eigenvalue weighted by Crippen LogP contribution is -1.89. The largest absolute Gasteiger partial charge is 0.237 e. The first-order chi connectivity index (χ1) is 13.7. The zero-order chi connectivity index (χ0) is 20.2. The van der Waals surface area contributed by atoms with Crippen molar-refractivity contribution < 1.29 is 0 Å². The third kappa shape index (κ3) is 8.53. The van der Waals surface area contributed by atoms with Crippen molar-refractivity contribution in [1.82, 2.24) is 9.97 Å². The van der Waals surface area contributed by atoms with Crippen molar-refractivity contribution in [1.29, 1.82) is 0 Å². The van der Waals surface area contributed by atoms with E-state index in [1.807, 2.05) is 0 Å². The molecule has 0 spiro atoms. The Kier molecular flexibility index (Phi) is 12.5. The molecule has 0 aromatic carbocycles. The number of nitrogens with zero attached hydrogens (tertiary/aromatic N) is 2. The summed E-state index contributed by atoms with van der Waals surface area (Å²) in [6.07, 6.45) is 18.0. The fourth-order valence-corrected chi connectivity index (χ4v) is 6.50. The third-order valence-electron chi connectivity index (χ3n) is 5.02. The zero-order valence-electron chi connectivity index (χ0n) is 17.4. The summed E-state index contributed by atoms with van der Waals surface area (Å²) < 4.78 is 2.36. The molecule has 0 atom stereocenters. The van der Waals surface area contributed by atoms with Gasteiger partial charge < -0.3 is 0 Å². The van der Waals surface area contributed by atoms with Crippen molar-refractivity contribution in [2.75, 3.05) is 0 Å². The lowest BCUT2D eigenvalue weighted by molar-refractivity contribution is 0.604. The van der Waals surface area contributed by atoms with Crippen molar-refractivity contribution >= 4 is 54.5 Å². The molecule has 158 valence electrons. The van der Waals surface area contributed by atoms with E-state index in [0.717, 1.165) is 22.9 Å². The van der Waals surface area contributed by atoms with Crippen LogP contribution in [0.3, 0.4) is 0 Å². The fraction of sp³-hybridized carbons (Fsp3) is 0.727. The summed E-state index contributed by atoms with van der Waals surface area (Å²) in [4.78, 5) is 9.79. The molecule has 0 fully saturated rings. The van der Waals surface area contributed by atoms with Gasteiger partial charge in [-0.25, -0.2) is 9.97 Å². The van der Waals surface area contributed by atoms with Crippen LogP contribution in [0.5, 0.6) is 0 Å². The van der Waals surface area contributed by atoms with Gasteiger partial charge in [-0.1, -0.05) is 78.1 Å². The van der Waals surface area contributed by atoms with Crippen LogP contribution >= 0.6 is 54.5 Å². The summed E-state index contributed by atoms with van der Waals surface area (Å²) in [5.74, 6) is 0. The third-order valence-corrected chi connectivity index (χ3v) is 8.82. The van der Waals surface area contributed by atoms with Crippen LogP contribution < -0.4 is 0 Å². The Hall–Kier alpha value is 0.220. The first kappa shape index (κ1) is 24.5. The molecule has 0 amide bonds. The van der Waals surface area contributed by atoms with E-state index in [9.17, 15) is 0 Å². The summed E-state index contributed by atoms with van der Waals surface area (Å²) in [6.45, 7) is 4.54. The molecule has 2 aromatic rings. The van der Waals surface area contributed by atoms with Gasteiger partial charge in [0.25, 0.3) is 0 Å². The van der Waals surface area contributed by atoms with Crippen molar-refractivity contribution in [3.63, 3.8) is 0 Å². The van der Waals surface area contributed by atoms with Gasteiger partial charge in [0.2, 0.25) is 0 Å². The lowest BCUT2D eigenvalue weighted by Gasteiger charge is -1.99. The molecule has 0 aliphatic rings. The number of thiazole rings is 2. The van der Waals surface area contributed by atoms with E-state index in [2.05, 4.69) is 45.7 Å². The molecule has 0 unspecified atom stereocenters. The second kappa shape index (κ2) is 14.3. The van der Waals surface area contributed by atoms with E-state index >= 15 is 0 Å². The monoisotopic (exact) mass is 548 g/mol. The molecule has 0 radical (unpaired) electrons. The molecule has 0 bridgehead atoms. The SMILES string of the molecule is CCCCCCCCc1nc(-c2nc(CCCCCCCC)c(Br)s2)sc1Br. The summed E-state index contributed by atoms with van der Waals surface area (Å²) in [5, 5.41) is 2.13. The molecule has 2 rings (SSSR count). The quantitative estimate of drug-likeness (QED) is 0.206. The van der Waals surface area contributed by atoms with Gasteiger partial charge >= 0.3 is 0 Å². The maximum atomic E-state index is 4.90. The van der Waals surface area contributed by atoms with Gasteiger partial charge in [0.15, 0.2) is 10.0 Å². The highest BCUT2D eigenvalue weighted by atomic mass is 79.9. The van der Waals surface area contributed by atoms with Gasteiger partial charge in [0, 0.05) is 0 Å². The Bertz CT molecular complexity index is 624. The predicted octanol–water partition coefficient (Wildman–Crippen LogP) is 9.60. The number of hydrogen-bond acceptors (Lipinski definition) is 4. The molecular weight excluding hydrogens is 516 g/mol. The number of rotatable bonds is 15. The van der Waals surface area contributed by atoms with Gasteiger partial charge in [0.05, 0.1) is 19.0 Å². The van der Waals surface area contributed by atoms with E-state index in [4.69, 9.17) is 9.97 Å². The van der Waals surface area contributed by atoms with E-state index in [0.29, 0.717) is 0 Å².